The molecule has 0 radical (unpaired) electrons. The zero-order valence-corrected chi connectivity index (χ0v) is 17.3. The van der Waals surface area contributed by atoms with Gasteiger partial charge in [0, 0.05) is 24.7 Å². The van der Waals surface area contributed by atoms with Crippen LogP contribution in [0.4, 0.5) is 0 Å². The Morgan fingerprint density at radius 1 is 1.29 bits per heavy atom. The minimum absolute atomic E-state index is 0.136. The molecule has 0 atom stereocenters. The molecule has 4 rings (SSSR count). The highest BCUT2D eigenvalue weighted by molar-refractivity contribution is 7.89. The third-order valence-electron chi connectivity index (χ3n) is 5.59. The van der Waals surface area contributed by atoms with E-state index in [4.69, 9.17) is 5.73 Å². The Kier molecular flexibility index (Phi) is 5.03. The second-order valence-electron chi connectivity index (χ2n) is 7.14. The van der Waals surface area contributed by atoms with E-state index >= 15 is 0 Å². The number of amides is 1. The molecule has 3 heterocycles. The van der Waals surface area contributed by atoms with Gasteiger partial charge in [-0.25, -0.2) is 12.7 Å². The molecule has 1 aliphatic rings. The molecule has 148 valence electrons. The van der Waals surface area contributed by atoms with Crippen LogP contribution < -0.4 is 5.73 Å². The fourth-order valence-corrected chi connectivity index (χ4v) is 5.81. The van der Waals surface area contributed by atoms with Crippen LogP contribution in [0.5, 0.6) is 0 Å². The summed E-state index contributed by atoms with van der Waals surface area (Å²) in [6.45, 7) is 2.74. The van der Waals surface area contributed by atoms with Gasteiger partial charge in [0.2, 0.25) is 10.0 Å². The van der Waals surface area contributed by atoms with Crippen LogP contribution in [0.3, 0.4) is 0 Å². The van der Waals surface area contributed by atoms with Crippen molar-refractivity contribution in [2.45, 2.75) is 25.7 Å². The van der Waals surface area contributed by atoms with E-state index in [0.29, 0.717) is 18.7 Å². The summed E-state index contributed by atoms with van der Waals surface area (Å²) in [4.78, 5) is 15.3. The van der Waals surface area contributed by atoms with Gasteiger partial charge in [0.15, 0.2) is 0 Å². The highest BCUT2D eigenvalue weighted by Crippen LogP contribution is 2.37. The summed E-state index contributed by atoms with van der Waals surface area (Å²) in [6, 6.07) is 5.96. The average Bonchev–Trinajstić information content (AvgIpc) is 3.37. The van der Waals surface area contributed by atoms with Crippen molar-refractivity contribution in [3.63, 3.8) is 0 Å². The van der Waals surface area contributed by atoms with Gasteiger partial charge in [-0.1, -0.05) is 0 Å². The molecule has 1 aromatic carbocycles. The number of nitrogens with two attached hydrogens (primary N) is 1. The predicted molar refractivity (Wildman–Crippen MR) is 113 cm³/mol. The maximum absolute atomic E-state index is 12.1. The summed E-state index contributed by atoms with van der Waals surface area (Å²) in [5, 5.41) is 5.05. The van der Waals surface area contributed by atoms with Crippen LogP contribution in [-0.4, -0.2) is 42.5 Å². The lowest BCUT2D eigenvalue weighted by Gasteiger charge is -2.31. The van der Waals surface area contributed by atoms with Crippen LogP contribution in [0, 0.1) is 0 Å². The Labute approximate surface area is 168 Å². The lowest BCUT2D eigenvalue weighted by molar-refractivity contribution is 0.100. The monoisotopic (exact) mass is 417 g/mol. The number of aromatic amines is 1. The lowest BCUT2D eigenvalue weighted by Crippen LogP contribution is -2.38. The summed E-state index contributed by atoms with van der Waals surface area (Å²) in [7, 11) is -3.14. The zero-order valence-electron chi connectivity index (χ0n) is 15.6. The van der Waals surface area contributed by atoms with E-state index in [1.165, 1.54) is 0 Å². The van der Waals surface area contributed by atoms with Gasteiger partial charge in [-0.3, -0.25) is 4.79 Å². The number of hydrogen-bond donors (Lipinski definition) is 2. The largest absolute Gasteiger partial charge is 0.366 e. The molecule has 6 nitrogen and oxygen atoms in total. The first-order valence-electron chi connectivity index (χ1n) is 9.36. The van der Waals surface area contributed by atoms with Crippen molar-refractivity contribution >= 4 is 38.2 Å². The number of carbonyl (C=O) groups excluding carboxylic acids is 1. The molecule has 28 heavy (non-hydrogen) atoms. The molecule has 2 aromatic heterocycles. The number of carbonyl (C=O) groups is 1. The molecule has 1 aliphatic heterocycles. The molecule has 0 aliphatic carbocycles. The maximum Gasteiger partial charge on any atom is 0.250 e. The van der Waals surface area contributed by atoms with Crippen molar-refractivity contribution in [1.82, 2.24) is 9.29 Å². The molecule has 0 spiro atoms. The molecular weight excluding hydrogens is 394 g/mol. The number of piperidine rings is 1. The molecule has 8 heteroatoms. The van der Waals surface area contributed by atoms with Gasteiger partial charge in [-0.15, -0.1) is 0 Å². The number of benzene rings is 1. The van der Waals surface area contributed by atoms with Crippen molar-refractivity contribution in [1.29, 1.82) is 0 Å². The van der Waals surface area contributed by atoms with E-state index in [-0.39, 0.29) is 11.7 Å². The number of thiophene rings is 1. The van der Waals surface area contributed by atoms with E-state index in [0.717, 1.165) is 40.4 Å². The Morgan fingerprint density at radius 3 is 2.64 bits per heavy atom. The number of nitrogens with one attached hydrogen (secondary N) is 1. The van der Waals surface area contributed by atoms with E-state index in [2.05, 4.69) is 11.1 Å². The van der Waals surface area contributed by atoms with Crippen LogP contribution in [0.15, 0.2) is 35.2 Å². The first-order valence-corrected chi connectivity index (χ1v) is 11.9. The van der Waals surface area contributed by atoms with Crippen molar-refractivity contribution in [2.24, 2.45) is 5.73 Å². The average molecular weight is 418 g/mol. The van der Waals surface area contributed by atoms with E-state index in [1.807, 2.05) is 29.1 Å². The smallest absolute Gasteiger partial charge is 0.250 e. The highest BCUT2D eigenvalue weighted by Gasteiger charge is 2.29. The number of fused-ring (bicyclic) bond motifs is 1. The van der Waals surface area contributed by atoms with E-state index in [1.54, 1.807) is 22.6 Å². The Balaban J connectivity index is 1.72. The number of rotatable bonds is 5. The van der Waals surface area contributed by atoms with Crippen molar-refractivity contribution in [3.05, 3.63) is 46.3 Å². The van der Waals surface area contributed by atoms with Gasteiger partial charge in [0.25, 0.3) is 5.91 Å². The second kappa shape index (κ2) is 7.35. The molecule has 3 N–H and O–H groups in total. The molecule has 1 saturated heterocycles. The van der Waals surface area contributed by atoms with Gasteiger partial charge in [0.1, 0.15) is 0 Å². The summed E-state index contributed by atoms with van der Waals surface area (Å²) < 4.78 is 25.8. The SMILES string of the molecule is CCS(=O)(=O)N1CCC(c2c[nH]c3c(C(N)=O)cc(-c4ccsc4)cc23)CC1. The van der Waals surface area contributed by atoms with Gasteiger partial charge >= 0.3 is 0 Å². The molecule has 0 bridgehead atoms. The first kappa shape index (κ1) is 19.2. The number of aromatic nitrogens is 1. The molecule has 1 amide bonds. The quantitative estimate of drug-likeness (QED) is 0.665. The van der Waals surface area contributed by atoms with Crippen molar-refractivity contribution in [2.75, 3.05) is 18.8 Å². The Bertz CT molecular complexity index is 1110. The first-order chi connectivity index (χ1) is 13.4. The van der Waals surface area contributed by atoms with Crippen molar-refractivity contribution < 1.29 is 13.2 Å². The topological polar surface area (TPSA) is 96.3 Å². The highest BCUT2D eigenvalue weighted by atomic mass is 32.2. The van der Waals surface area contributed by atoms with Crippen LogP contribution in [0.25, 0.3) is 22.0 Å². The summed E-state index contributed by atoms with van der Waals surface area (Å²) in [5.74, 6) is -0.0775. The van der Waals surface area contributed by atoms with E-state index < -0.39 is 15.9 Å². The Hall–Kier alpha value is -2.16. The van der Waals surface area contributed by atoms with Crippen LogP contribution >= 0.6 is 11.3 Å². The molecule has 0 saturated carbocycles. The van der Waals surface area contributed by atoms with Gasteiger partial charge in [-0.2, -0.15) is 11.3 Å². The number of sulfonamides is 1. The number of hydrogen-bond acceptors (Lipinski definition) is 4. The zero-order chi connectivity index (χ0) is 19.9. The lowest BCUT2D eigenvalue weighted by atomic mass is 9.88. The van der Waals surface area contributed by atoms with Crippen LogP contribution in [0.1, 0.15) is 41.6 Å². The minimum atomic E-state index is -3.14. The summed E-state index contributed by atoms with van der Waals surface area (Å²) in [6.07, 6.45) is 3.48. The third kappa shape index (κ3) is 3.36. The fraction of sp³-hybridized carbons (Fsp3) is 0.350. The molecular formula is C20H23N3O3S2. The third-order valence-corrected chi connectivity index (χ3v) is 8.16. The molecule has 3 aromatic rings. The van der Waals surface area contributed by atoms with Crippen LogP contribution in [0.2, 0.25) is 0 Å². The predicted octanol–water partition coefficient (Wildman–Crippen LogP) is 3.52. The normalized spacial score (nSPS) is 16.6. The van der Waals surface area contributed by atoms with Gasteiger partial charge in [0.05, 0.1) is 16.8 Å². The number of primary amides is 1. The molecule has 0 unspecified atom stereocenters. The van der Waals surface area contributed by atoms with Crippen LogP contribution in [-0.2, 0) is 10.0 Å². The maximum atomic E-state index is 12.1. The molecule has 1 fully saturated rings. The number of H-pyrrole nitrogens is 1. The minimum Gasteiger partial charge on any atom is -0.366 e. The second-order valence-corrected chi connectivity index (χ2v) is 10.2. The Morgan fingerprint density at radius 2 is 2.04 bits per heavy atom. The van der Waals surface area contributed by atoms with Crippen molar-refractivity contribution in [3.8, 4) is 11.1 Å². The number of nitrogens with zero attached hydrogens (tertiary/aromatic N) is 1. The fourth-order valence-electron chi connectivity index (χ4n) is 4.01. The van der Waals surface area contributed by atoms with Gasteiger partial charge < -0.3 is 10.7 Å². The standard InChI is InChI=1S/C20H23N3O3S2/c1-2-28(25,26)23-6-3-13(4-7-23)18-11-22-19-16(18)9-15(10-17(19)20(21)24)14-5-8-27-12-14/h5,8-13,22H,2-4,6-7H2,1H3,(H2,21,24). The summed E-state index contributed by atoms with van der Waals surface area (Å²) in [5.41, 5.74) is 10.0. The van der Waals surface area contributed by atoms with Gasteiger partial charge in [-0.05, 0) is 71.3 Å². The van der Waals surface area contributed by atoms with E-state index in [9.17, 15) is 13.2 Å². The summed E-state index contributed by atoms with van der Waals surface area (Å²) >= 11 is 1.61.